The molecular formula is C17H16N6O. The number of rotatable bonds is 2. The summed E-state index contributed by atoms with van der Waals surface area (Å²) in [6.45, 7) is 1.05. The van der Waals surface area contributed by atoms with Crippen LogP contribution in [-0.4, -0.2) is 37.5 Å². The number of carbonyl (C=O) groups excluding carboxylic acids is 1. The first kappa shape index (κ1) is 14.4. The average molecular weight is 320 g/mol. The van der Waals surface area contributed by atoms with Gasteiger partial charge in [-0.3, -0.25) is 9.89 Å². The van der Waals surface area contributed by atoms with Crippen molar-refractivity contribution in [3.8, 4) is 11.3 Å². The Morgan fingerprint density at radius 2 is 2.08 bits per heavy atom. The van der Waals surface area contributed by atoms with Gasteiger partial charge in [0.1, 0.15) is 5.69 Å². The maximum absolute atomic E-state index is 12.7. The van der Waals surface area contributed by atoms with E-state index in [1.807, 2.05) is 30.3 Å². The molecule has 1 aromatic carbocycles. The number of nitrogens with two attached hydrogens (primary N) is 1. The van der Waals surface area contributed by atoms with Crippen molar-refractivity contribution in [2.45, 2.75) is 13.0 Å². The van der Waals surface area contributed by atoms with E-state index in [0.29, 0.717) is 18.8 Å². The molecule has 0 atom stereocenters. The molecular weight excluding hydrogens is 304 g/mol. The molecule has 0 saturated carbocycles. The second kappa shape index (κ2) is 5.77. The summed E-state index contributed by atoms with van der Waals surface area (Å²) in [4.78, 5) is 22.7. The van der Waals surface area contributed by atoms with Crippen LogP contribution in [-0.2, 0) is 13.0 Å². The van der Waals surface area contributed by atoms with Crippen molar-refractivity contribution >= 4 is 11.9 Å². The third-order valence-electron chi connectivity index (χ3n) is 4.13. The number of hydrogen-bond acceptors (Lipinski definition) is 5. The molecule has 0 spiro atoms. The highest BCUT2D eigenvalue weighted by atomic mass is 16.2. The van der Waals surface area contributed by atoms with Crippen LogP contribution >= 0.6 is 0 Å². The van der Waals surface area contributed by atoms with Gasteiger partial charge in [-0.05, 0) is 18.1 Å². The molecule has 3 heterocycles. The zero-order chi connectivity index (χ0) is 16.5. The Labute approximate surface area is 138 Å². The van der Waals surface area contributed by atoms with Gasteiger partial charge in [0.05, 0.1) is 17.9 Å². The third-order valence-corrected chi connectivity index (χ3v) is 4.13. The molecule has 120 valence electrons. The van der Waals surface area contributed by atoms with Gasteiger partial charge in [0, 0.05) is 18.3 Å². The highest BCUT2D eigenvalue weighted by Gasteiger charge is 2.24. The fraction of sp³-hybridized carbons (Fsp3) is 0.176. The van der Waals surface area contributed by atoms with Crippen LogP contribution in [0.2, 0.25) is 0 Å². The topological polar surface area (TPSA) is 101 Å². The third kappa shape index (κ3) is 2.60. The SMILES string of the molecule is Nc1ncc2c(n1)CN(C(=O)c1cc(-c3ccccc3)n[nH]1)CC2. The average Bonchev–Trinajstić information content (AvgIpc) is 3.11. The van der Waals surface area contributed by atoms with E-state index in [4.69, 9.17) is 5.73 Å². The second-order valence-corrected chi connectivity index (χ2v) is 5.71. The summed E-state index contributed by atoms with van der Waals surface area (Å²) in [6.07, 6.45) is 2.46. The number of carbonyl (C=O) groups is 1. The van der Waals surface area contributed by atoms with Crippen molar-refractivity contribution in [3.63, 3.8) is 0 Å². The van der Waals surface area contributed by atoms with Crippen molar-refractivity contribution < 1.29 is 4.79 Å². The van der Waals surface area contributed by atoms with Crippen molar-refractivity contribution in [1.82, 2.24) is 25.1 Å². The minimum atomic E-state index is -0.0903. The lowest BCUT2D eigenvalue weighted by Gasteiger charge is -2.27. The number of aromatic amines is 1. The van der Waals surface area contributed by atoms with Crippen LogP contribution in [0.4, 0.5) is 5.95 Å². The molecule has 3 N–H and O–H groups in total. The van der Waals surface area contributed by atoms with Gasteiger partial charge < -0.3 is 10.6 Å². The summed E-state index contributed by atoms with van der Waals surface area (Å²) in [6, 6.07) is 11.5. The fourth-order valence-corrected chi connectivity index (χ4v) is 2.85. The predicted molar refractivity (Wildman–Crippen MR) is 88.9 cm³/mol. The number of fused-ring (bicyclic) bond motifs is 1. The van der Waals surface area contributed by atoms with E-state index >= 15 is 0 Å². The van der Waals surface area contributed by atoms with Crippen LogP contribution in [0, 0.1) is 0 Å². The molecule has 7 heteroatoms. The first-order valence-electron chi connectivity index (χ1n) is 7.71. The molecule has 0 bridgehead atoms. The monoisotopic (exact) mass is 320 g/mol. The predicted octanol–water partition coefficient (Wildman–Crippen LogP) is 1.65. The molecule has 1 aliphatic rings. The second-order valence-electron chi connectivity index (χ2n) is 5.71. The zero-order valence-corrected chi connectivity index (χ0v) is 12.9. The largest absolute Gasteiger partial charge is 0.368 e. The molecule has 24 heavy (non-hydrogen) atoms. The van der Waals surface area contributed by atoms with E-state index in [2.05, 4.69) is 20.2 Å². The van der Waals surface area contributed by atoms with E-state index in [-0.39, 0.29) is 11.9 Å². The summed E-state index contributed by atoms with van der Waals surface area (Å²) < 4.78 is 0. The van der Waals surface area contributed by atoms with E-state index in [1.54, 1.807) is 17.2 Å². The minimum Gasteiger partial charge on any atom is -0.368 e. The molecule has 0 unspecified atom stereocenters. The van der Waals surface area contributed by atoms with Crippen molar-refractivity contribution in [2.24, 2.45) is 0 Å². The molecule has 0 saturated heterocycles. The Hall–Kier alpha value is -3.22. The molecule has 0 aliphatic carbocycles. The van der Waals surface area contributed by atoms with Crippen LogP contribution in [0.5, 0.6) is 0 Å². The maximum atomic E-state index is 12.7. The van der Waals surface area contributed by atoms with E-state index < -0.39 is 0 Å². The lowest BCUT2D eigenvalue weighted by atomic mass is 10.1. The number of nitrogens with zero attached hydrogens (tertiary/aromatic N) is 4. The molecule has 1 aliphatic heterocycles. The van der Waals surface area contributed by atoms with Gasteiger partial charge >= 0.3 is 0 Å². The quantitative estimate of drug-likeness (QED) is 0.747. The zero-order valence-electron chi connectivity index (χ0n) is 12.9. The lowest BCUT2D eigenvalue weighted by molar-refractivity contribution is 0.0725. The van der Waals surface area contributed by atoms with Crippen LogP contribution < -0.4 is 5.73 Å². The molecule has 1 amide bonds. The highest BCUT2D eigenvalue weighted by molar-refractivity contribution is 5.93. The first-order valence-corrected chi connectivity index (χ1v) is 7.71. The number of amides is 1. The fourth-order valence-electron chi connectivity index (χ4n) is 2.85. The number of aromatic nitrogens is 4. The van der Waals surface area contributed by atoms with Crippen molar-refractivity contribution in [3.05, 3.63) is 59.5 Å². The number of anilines is 1. The Morgan fingerprint density at radius 1 is 1.25 bits per heavy atom. The summed E-state index contributed by atoms with van der Waals surface area (Å²) in [5.41, 5.74) is 9.69. The van der Waals surface area contributed by atoms with Crippen LogP contribution in [0.25, 0.3) is 11.3 Å². The Bertz CT molecular complexity index is 889. The van der Waals surface area contributed by atoms with Gasteiger partial charge in [-0.1, -0.05) is 30.3 Å². The lowest BCUT2D eigenvalue weighted by Crippen LogP contribution is -2.36. The number of benzene rings is 1. The number of nitrogen functional groups attached to an aromatic ring is 1. The Morgan fingerprint density at radius 3 is 2.92 bits per heavy atom. The summed E-state index contributed by atoms with van der Waals surface area (Å²) >= 11 is 0. The van der Waals surface area contributed by atoms with Crippen LogP contribution in [0.15, 0.2) is 42.6 Å². The molecule has 2 aromatic heterocycles. The van der Waals surface area contributed by atoms with E-state index in [1.165, 1.54) is 0 Å². The van der Waals surface area contributed by atoms with Crippen LogP contribution in [0.3, 0.4) is 0 Å². The van der Waals surface area contributed by atoms with E-state index in [9.17, 15) is 4.79 Å². The highest BCUT2D eigenvalue weighted by Crippen LogP contribution is 2.21. The van der Waals surface area contributed by atoms with Crippen molar-refractivity contribution in [1.29, 1.82) is 0 Å². The molecule has 4 rings (SSSR count). The van der Waals surface area contributed by atoms with Gasteiger partial charge in [-0.15, -0.1) is 0 Å². The van der Waals surface area contributed by atoms with Gasteiger partial charge in [-0.2, -0.15) is 5.10 Å². The normalized spacial score (nSPS) is 13.6. The minimum absolute atomic E-state index is 0.0903. The standard InChI is InChI=1S/C17H16N6O/c18-17-19-9-12-6-7-23(10-15(12)20-17)16(24)14-8-13(21-22-14)11-4-2-1-3-5-11/h1-5,8-9H,6-7,10H2,(H,21,22)(H2,18,19,20). The van der Waals surface area contributed by atoms with Crippen LogP contribution in [0.1, 0.15) is 21.7 Å². The van der Waals surface area contributed by atoms with E-state index in [0.717, 1.165) is 28.9 Å². The van der Waals surface area contributed by atoms with Gasteiger partial charge in [0.25, 0.3) is 5.91 Å². The number of hydrogen-bond donors (Lipinski definition) is 2. The van der Waals surface area contributed by atoms with Crippen molar-refractivity contribution in [2.75, 3.05) is 12.3 Å². The van der Waals surface area contributed by atoms with Gasteiger partial charge in [0.2, 0.25) is 5.95 Å². The summed E-state index contributed by atoms with van der Waals surface area (Å²) in [5.74, 6) is 0.142. The first-order chi connectivity index (χ1) is 11.7. The molecule has 7 nitrogen and oxygen atoms in total. The summed E-state index contributed by atoms with van der Waals surface area (Å²) in [7, 11) is 0. The number of nitrogens with one attached hydrogen (secondary N) is 1. The molecule has 3 aromatic rings. The molecule has 0 fully saturated rings. The summed E-state index contributed by atoms with van der Waals surface area (Å²) in [5, 5.41) is 7.08. The number of H-pyrrole nitrogens is 1. The smallest absolute Gasteiger partial charge is 0.272 e. The maximum Gasteiger partial charge on any atom is 0.272 e. The molecule has 0 radical (unpaired) electrons. The Balaban J connectivity index is 1.56. The van der Waals surface area contributed by atoms with Gasteiger partial charge in [0.15, 0.2) is 0 Å². The Kier molecular flexibility index (Phi) is 3.45. The van der Waals surface area contributed by atoms with Gasteiger partial charge in [-0.25, -0.2) is 9.97 Å².